The third-order valence-electron chi connectivity index (χ3n) is 6.88. The molecule has 6 rings (SSSR count). The van der Waals surface area contributed by atoms with Crippen LogP contribution < -0.4 is 19.7 Å². The van der Waals surface area contributed by atoms with E-state index in [1.165, 1.54) is 0 Å². The molecule has 11 nitrogen and oxygen atoms in total. The maximum absolute atomic E-state index is 13.9. The number of hydrogen-bond acceptors (Lipinski definition) is 9. The van der Waals surface area contributed by atoms with E-state index in [4.69, 9.17) is 14.5 Å². The summed E-state index contributed by atoms with van der Waals surface area (Å²) in [5.74, 6) is 2.85. The molecule has 4 aromatic rings. The van der Waals surface area contributed by atoms with Crippen LogP contribution in [0.5, 0.6) is 11.5 Å². The SMILES string of the molecule is Cc1cc(N2CCNCC2CC(=O)N(Cc2cccnc2)Cc2ccc3c(c2)OCO3)nc(-n2ccnc2)n1. The third-order valence-corrected chi connectivity index (χ3v) is 6.88. The van der Waals surface area contributed by atoms with E-state index in [0.29, 0.717) is 37.8 Å². The number of carbonyl (C=O) groups is 1. The molecular formula is C28H30N8O3. The first kappa shape index (κ1) is 24.8. The lowest BCUT2D eigenvalue weighted by molar-refractivity contribution is -0.132. The molecule has 0 bridgehead atoms. The minimum Gasteiger partial charge on any atom is -0.454 e. The van der Waals surface area contributed by atoms with E-state index in [1.807, 2.05) is 54.4 Å². The zero-order valence-corrected chi connectivity index (χ0v) is 21.7. The monoisotopic (exact) mass is 526 g/mol. The van der Waals surface area contributed by atoms with E-state index < -0.39 is 0 Å². The van der Waals surface area contributed by atoms with Crippen LogP contribution in [0.4, 0.5) is 5.82 Å². The maximum atomic E-state index is 13.9. The average molecular weight is 527 g/mol. The maximum Gasteiger partial charge on any atom is 0.237 e. The van der Waals surface area contributed by atoms with Crippen molar-refractivity contribution < 1.29 is 14.3 Å². The molecule has 0 saturated carbocycles. The number of pyridine rings is 1. The summed E-state index contributed by atoms with van der Waals surface area (Å²) in [6.07, 6.45) is 9.08. The first-order valence-electron chi connectivity index (χ1n) is 13.0. The van der Waals surface area contributed by atoms with Crippen LogP contribution in [0.1, 0.15) is 23.2 Å². The van der Waals surface area contributed by atoms with Gasteiger partial charge in [0.2, 0.25) is 18.6 Å². The molecule has 0 spiro atoms. The number of benzene rings is 1. The second-order valence-corrected chi connectivity index (χ2v) is 9.69. The zero-order chi connectivity index (χ0) is 26.6. The number of anilines is 1. The molecule has 0 aliphatic carbocycles. The summed E-state index contributed by atoms with van der Waals surface area (Å²) in [6, 6.07) is 11.6. The molecule has 1 atom stereocenters. The number of aromatic nitrogens is 5. The van der Waals surface area contributed by atoms with Crippen molar-refractivity contribution in [3.05, 3.63) is 84.3 Å². The van der Waals surface area contributed by atoms with Crippen LogP contribution in [0.3, 0.4) is 0 Å². The molecule has 200 valence electrons. The van der Waals surface area contributed by atoms with Gasteiger partial charge in [-0.15, -0.1) is 0 Å². The molecule has 1 unspecified atom stereocenters. The summed E-state index contributed by atoms with van der Waals surface area (Å²) in [6.45, 7) is 5.30. The summed E-state index contributed by atoms with van der Waals surface area (Å²) < 4.78 is 12.8. The fraction of sp³-hybridized carbons (Fsp3) is 0.321. The van der Waals surface area contributed by atoms with Gasteiger partial charge >= 0.3 is 0 Å². The molecule has 11 heteroatoms. The number of amides is 1. The number of hydrogen-bond donors (Lipinski definition) is 1. The highest BCUT2D eigenvalue weighted by molar-refractivity contribution is 5.77. The number of nitrogens with zero attached hydrogens (tertiary/aromatic N) is 7. The zero-order valence-electron chi connectivity index (χ0n) is 21.7. The van der Waals surface area contributed by atoms with Gasteiger partial charge < -0.3 is 24.6 Å². The first-order valence-corrected chi connectivity index (χ1v) is 13.0. The Morgan fingerprint density at radius 2 is 1.97 bits per heavy atom. The van der Waals surface area contributed by atoms with Gasteiger partial charge in [0.25, 0.3) is 0 Å². The lowest BCUT2D eigenvalue weighted by Crippen LogP contribution is -2.53. The Hall–Kier alpha value is -4.51. The van der Waals surface area contributed by atoms with Gasteiger partial charge in [-0.1, -0.05) is 12.1 Å². The van der Waals surface area contributed by atoms with Crippen LogP contribution in [0.2, 0.25) is 0 Å². The lowest BCUT2D eigenvalue weighted by Gasteiger charge is -2.38. The number of carbonyl (C=O) groups excluding carboxylic acids is 1. The minimum absolute atomic E-state index is 0.0517. The molecule has 1 saturated heterocycles. The van der Waals surface area contributed by atoms with E-state index in [-0.39, 0.29) is 18.7 Å². The predicted molar refractivity (Wildman–Crippen MR) is 144 cm³/mol. The number of fused-ring (bicyclic) bond motifs is 1. The highest BCUT2D eigenvalue weighted by Crippen LogP contribution is 2.33. The van der Waals surface area contributed by atoms with Crippen molar-refractivity contribution in [3.63, 3.8) is 0 Å². The van der Waals surface area contributed by atoms with Crippen LogP contribution in [-0.2, 0) is 17.9 Å². The van der Waals surface area contributed by atoms with E-state index in [1.54, 1.807) is 29.5 Å². The number of ether oxygens (including phenoxy) is 2. The van der Waals surface area contributed by atoms with E-state index >= 15 is 0 Å². The Bertz CT molecular complexity index is 1430. The van der Waals surface area contributed by atoms with Gasteiger partial charge in [-0.25, -0.2) is 9.97 Å². The second-order valence-electron chi connectivity index (χ2n) is 9.69. The second kappa shape index (κ2) is 11.1. The van der Waals surface area contributed by atoms with Crippen molar-refractivity contribution in [2.45, 2.75) is 32.5 Å². The number of imidazole rings is 1. The Balaban J connectivity index is 1.24. The summed E-state index contributed by atoms with van der Waals surface area (Å²) in [7, 11) is 0. The Labute approximate surface area is 226 Å². The van der Waals surface area contributed by atoms with Crippen molar-refractivity contribution in [3.8, 4) is 17.4 Å². The lowest BCUT2D eigenvalue weighted by atomic mass is 10.1. The molecule has 39 heavy (non-hydrogen) atoms. The average Bonchev–Trinajstić information content (AvgIpc) is 3.66. The number of rotatable bonds is 8. The van der Waals surface area contributed by atoms with Crippen molar-refractivity contribution in [1.29, 1.82) is 0 Å². The van der Waals surface area contributed by atoms with Gasteiger partial charge in [-0.3, -0.25) is 14.3 Å². The summed E-state index contributed by atoms with van der Waals surface area (Å²) in [5.41, 5.74) is 2.81. The molecule has 1 aromatic carbocycles. The molecule has 1 amide bonds. The van der Waals surface area contributed by atoms with Gasteiger partial charge in [-0.05, 0) is 36.2 Å². The van der Waals surface area contributed by atoms with Gasteiger partial charge in [0.1, 0.15) is 12.1 Å². The molecule has 0 radical (unpaired) electrons. The van der Waals surface area contributed by atoms with Crippen molar-refractivity contribution in [2.24, 2.45) is 0 Å². The van der Waals surface area contributed by atoms with Crippen molar-refractivity contribution in [2.75, 3.05) is 31.3 Å². The largest absolute Gasteiger partial charge is 0.454 e. The molecule has 3 aromatic heterocycles. The normalized spacial score (nSPS) is 16.3. The van der Waals surface area contributed by atoms with E-state index in [2.05, 4.69) is 25.2 Å². The van der Waals surface area contributed by atoms with Gasteiger partial charge in [-0.2, -0.15) is 4.98 Å². The molecule has 1 fully saturated rings. The topological polar surface area (TPSA) is 111 Å². The smallest absolute Gasteiger partial charge is 0.237 e. The van der Waals surface area contributed by atoms with Gasteiger partial charge in [0, 0.05) is 75.7 Å². The molecular weight excluding hydrogens is 496 g/mol. The highest BCUT2D eigenvalue weighted by Gasteiger charge is 2.29. The Morgan fingerprint density at radius 3 is 2.82 bits per heavy atom. The van der Waals surface area contributed by atoms with Crippen molar-refractivity contribution >= 4 is 11.7 Å². The Morgan fingerprint density at radius 1 is 1.08 bits per heavy atom. The minimum atomic E-state index is -0.0654. The standard InChI is InChI=1S/C28H30N8O3/c1-20-11-26(33-28(32-20)34-9-7-31-18-34)36-10-8-30-15-23(36)13-27(37)35(17-22-3-2-6-29-14-22)16-21-4-5-24-25(12-21)39-19-38-24/h2-7,9,11-12,14,18,23,30H,8,10,13,15-17,19H2,1H3. The summed E-state index contributed by atoms with van der Waals surface area (Å²) >= 11 is 0. The summed E-state index contributed by atoms with van der Waals surface area (Å²) in [4.78, 5) is 35.8. The van der Waals surface area contributed by atoms with Crippen LogP contribution in [-0.4, -0.2) is 67.8 Å². The van der Waals surface area contributed by atoms with Crippen LogP contribution in [0, 0.1) is 6.92 Å². The highest BCUT2D eigenvalue weighted by atomic mass is 16.7. The van der Waals surface area contributed by atoms with Gasteiger partial charge in [0.15, 0.2) is 11.5 Å². The fourth-order valence-corrected chi connectivity index (χ4v) is 4.96. The van der Waals surface area contributed by atoms with E-state index in [0.717, 1.165) is 41.5 Å². The number of nitrogens with one attached hydrogen (secondary N) is 1. The molecule has 5 heterocycles. The quantitative estimate of drug-likeness (QED) is 0.370. The van der Waals surface area contributed by atoms with Crippen LogP contribution in [0.15, 0.2) is 67.5 Å². The number of piperazine rings is 1. The van der Waals surface area contributed by atoms with Gasteiger partial charge in [0.05, 0.1) is 6.04 Å². The van der Waals surface area contributed by atoms with E-state index in [9.17, 15) is 4.79 Å². The third kappa shape index (κ3) is 5.68. The predicted octanol–water partition coefficient (Wildman–Crippen LogP) is 2.49. The molecule has 2 aliphatic heterocycles. The number of aryl methyl sites for hydroxylation is 1. The molecule has 1 N–H and O–H groups in total. The fourth-order valence-electron chi connectivity index (χ4n) is 4.96. The Kier molecular flexibility index (Phi) is 7.05. The molecule has 2 aliphatic rings. The first-order chi connectivity index (χ1) is 19.1. The van der Waals surface area contributed by atoms with Crippen molar-refractivity contribution in [1.82, 2.24) is 34.7 Å². The van der Waals surface area contributed by atoms with Crippen LogP contribution in [0.25, 0.3) is 5.95 Å². The summed E-state index contributed by atoms with van der Waals surface area (Å²) in [5, 5.41) is 3.45. The van der Waals surface area contributed by atoms with Crippen LogP contribution >= 0.6 is 0 Å².